The molecule has 1 aromatic rings. The highest BCUT2D eigenvalue weighted by atomic mass is 16.5. The first-order valence-corrected chi connectivity index (χ1v) is 3.79. The Kier molecular flexibility index (Phi) is 2.89. The number of nitriles is 1. The van der Waals surface area contributed by atoms with Gasteiger partial charge in [0, 0.05) is 0 Å². The van der Waals surface area contributed by atoms with E-state index in [1.165, 1.54) is 0 Å². The SMILES string of the molecule is [C-]#[N+]C(C)Oc1ccc(C#N)cc1. The highest BCUT2D eigenvalue weighted by molar-refractivity contribution is 5.34. The van der Waals surface area contributed by atoms with Gasteiger partial charge in [0.2, 0.25) is 0 Å². The normalized spacial score (nSPS) is 11.0. The van der Waals surface area contributed by atoms with E-state index >= 15 is 0 Å². The summed E-state index contributed by atoms with van der Waals surface area (Å²) < 4.78 is 5.20. The largest absolute Gasteiger partial charge is 0.424 e. The topological polar surface area (TPSA) is 37.4 Å². The summed E-state index contributed by atoms with van der Waals surface area (Å²) in [7, 11) is 0. The number of hydrogen-bond donors (Lipinski definition) is 0. The molecule has 0 heterocycles. The Hall–Kier alpha value is -2.00. The third-order valence-corrected chi connectivity index (χ3v) is 1.47. The van der Waals surface area contributed by atoms with Gasteiger partial charge in [-0.15, -0.1) is 0 Å². The van der Waals surface area contributed by atoms with E-state index in [2.05, 4.69) is 4.85 Å². The summed E-state index contributed by atoms with van der Waals surface area (Å²) in [4.78, 5) is 3.19. The van der Waals surface area contributed by atoms with E-state index in [1.807, 2.05) is 6.07 Å². The van der Waals surface area contributed by atoms with Crippen LogP contribution in [0.5, 0.6) is 5.75 Å². The second-order valence-corrected chi connectivity index (χ2v) is 2.48. The summed E-state index contributed by atoms with van der Waals surface area (Å²) in [5, 5.41) is 8.52. The second-order valence-electron chi connectivity index (χ2n) is 2.48. The van der Waals surface area contributed by atoms with Gasteiger partial charge in [0.1, 0.15) is 5.75 Å². The lowest BCUT2D eigenvalue weighted by atomic mass is 10.2. The first-order valence-electron chi connectivity index (χ1n) is 3.79. The van der Waals surface area contributed by atoms with Gasteiger partial charge in [-0.1, -0.05) is 0 Å². The van der Waals surface area contributed by atoms with Gasteiger partial charge in [0.05, 0.1) is 18.6 Å². The summed E-state index contributed by atoms with van der Waals surface area (Å²) in [6.07, 6.45) is -0.479. The van der Waals surface area contributed by atoms with Crippen molar-refractivity contribution in [1.29, 1.82) is 5.26 Å². The highest BCUT2D eigenvalue weighted by Gasteiger charge is 2.04. The standard InChI is InChI=1S/C10H8N2O/c1-8(12-2)13-10-5-3-9(7-11)4-6-10/h3-6,8H,1H3. The Bertz CT molecular complexity index is 356. The molecule has 13 heavy (non-hydrogen) atoms. The lowest BCUT2D eigenvalue weighted by Gasteiger charge is -2.03. The van der Waals surface area contributed by atoms with Crippen LogP contribution in [-0.4, -0.2) is 6.23 Å². The molecule has 1 unspecified atom stereocenters. The van der Waals surface area contributed by atoms with Gasteiger partial charge in [-0.25, -0.2) is 6.57 Å². The summed E-state index contributed by atoms with van der Waals surface area (Å²) in [6.45, 7) is 8.36. The van der Waals surface area contributed by atoms with E-state index in [-0.39, 0.29) is 0 Å². The fourth-order valence-electron chi connectivity index (χ4n) is 0.831. The molecule has 0 spiro atoms. The Morgan fingerprint density at radius 1 is 1.46 bits per heavy atom. The van der Waals surface area contributed by atoms with Gasteiger partial charge in [-0.2, -0.15) is 5.26 Å². The molecular weight excluding hydrogens is 164 g/mol. The van der Waals surface area contributed by atoms with Crippen LogP contribution in [-0.2, 0) is 0 Å². The van der Waals surface area contributed by atoms with Crippen LogP contribution < -0.4 is 4.74 Å². The predicted octanol–water partition coefficient (Wildman–Crippen LogP) is 2.20. The summed E-state index contributed by atoms with van der Waals surface area (Å²) in [5.74, 6) is 0.613. The summed E-state index contributed by atoms with van der Waals surface area (Å²) in [5.41, 5.74) is 0.586. The van der Waals surface area contributed by atoms with Crippen molar-refractivity contribution in [2.75, 3.05) is 0 Å². The zero-order valence-corrected chi connectivity index (χ0v) is 7.19. The number of rotatable bonds is 2. The summed E-state index contributed by atoms with van der Waals surface area (Å²) >= 11 is 0. The molecule has 0 aliphatic rings. The van der Waals surface area contributed by atoms with Gasteiger partial charge in [-0.3, -0.25) is 4.85 Å². The molecular formula is C10H8N2O. The maximum atomic E-state index is 8.52. The van der Waals surface area contributed by atoms with Crippen LogP contribution in [0.25, 0.3) is 4.85 Å². The first-order chi connectivity index (χ1) is 6.26. The Morgan fingerprint density at radius 3 is 2.54 bits per heavy atom. The van der Waals surface area contributed by atoms with E-state index in [9.17, 15) is 0 Å². The monoisotopic (exact) mass is 172 g/mol. The van der Waals surface area contributed by atoms with Crippen LogP contribution in [0.3, 0.4) is 0 Å². The van der Waals surface area contributed by atoms with E-state index < -0.39 is 6.23 Å². The molecule has 3 heteroatoms. The Labute approximate surface area is 77.0 Å². The molecule has 3 nitrogen and oxygen atoms in total. The average molecular weight is 172 g/mol. The quantitative estimate of drug-likeness (QED) is 0.641. The molecule has 0 aliphatic heterocycles. The smallest absolute Gasteiger partial charge is 0.363 e. The van der Waals surface area contributed by atoms with Crippen LogP contribution in [0, 0.1) is 17.9 Å². The van der Waals surface area contributed by atoms with Crippen molar-refractivity contribution >= 4 is 0 Å². The minimum absolute atomic E-state index is 0.479. The van der Waals surface area contributed by atoms with Gasteiger partial charge in [-0.05, 0) is 24.3 Å². The van der Waals surface area contributed by atoms with Crippen LogP contribution in [0.15, 0.2) is 24.3 Å². The van der Waals surface area contributed by atoms with Crippen LogP contribution in [0.1, 0.15) is 12.5 Å². The predicted molar refractivity (Wildman–Crippen MR) is 47.8 cm³/mol. The minimum Gasteiger partial charge on any atom is -0.424 e. The van der Waals surface area contributed by atoms with Crippen LogP contribution in [0.2, 0.25) is 0 Å². The van der Waals surface area contributed by atoms with Gasteiger partial charge in [0.15, 0.2) is 0 Å². The lowest BCUT2D eigenvalue weighted by molar-refractivity contribution is 0.267. The summed E-state index contributed by atoms with van der Waals surface area (Å²) in [6, 6.07) is 8.68. The lowest BCUT2D eigenvalue weighted by Crippen LogP contribution is -2.05. The van der Waals surface area contributed by atoms with Crippen molar-refractivity contribution in [3.63, 3.8) is 0 Å². The van der Waals surface area contributed by atoms with Crippen molar-refractivity contribution in [2.45, 2.75) is 13.2 Å². The van der Waals surface area contributed by atoms with Gasteiger partial charge < -0.3 is 4.74 Å². The van der Waals surface area contributed by atoms with E-state index in [4.69, 9.17) is 16.6 Å². The minimum atomic E-state index is -0.479. The fraction of sp³-hybridized carbons (Fsp3) is 0.200. The van der Waals surface area contributed by atoms with E-state index in [0.717, 1.165) is 0 Å². The molecule has 1 atom stereocenters. The molecule has 0 bridgehead atoms. The Morgan fingerprint density at radius 2 is 2.08 bits per heavy atom. The molecule has 0 saturated heterocycles. The highest BCUT2D eigenvalue weighted by Crippen LogP contribution is 2.13. The Balaban J connectivity index is 2.72. The molecule has 1 aromatic carbocycles. The third kappa shape index (κ3) is 2.50. The molecule has 0 radical (unpaired) electrons. The zero-order chi connectivity index (χ0) is 9.68. The van der Waals surface area contributed by atoms with Crippen LogP contribution in [0.4, 0.5) is 0 Å². The molecule has 0 aliphatic carbocycles. The van der Waals surface area contributed by atoms with Gasteiger partial charge >= 0.3 is 6.23 Å². The maximum Gasteiger partial charge on any atom is 0.363 e. The van der Waals surface area contributed by atoms with Crippen molar-refractivity contribution in [2.24, 2.45) is 0 Å². The van der Waals surface area contributed by atoms with Crippen molar-refractivity contribution in [3.8, 4) is 11.8 Å². The van der Waals surface area contributed by atoms with E-state index in [0.29, 0.717) is 11.3 Å². The average Bonchev–Trinajstić information content (AvgIpc) is 2.19. The molecule has 1 rings (SSSR count). The van der Waals surface area contributed by atoms with Crippen LogP contribution >= 0.6 is 0 Å². The molecule has 0 aromatic heterocycles. The molecule has 64 valence electrons. The fourth-order valence-corrected chi connectivity index (χ4v) is 0.831. The first kappa shape index (κ1) is 9.09. The molecule has 0 saturated carbocycles. The van der Waals surface area contributed by atoms with Gasteiger partial charge in [0.25, 0.3) is 0 Å². The third-order valence-electron chi connectivity index (χ3n) is 1.47. The molecule has 0 N–H and O–H groups in total. The van der Waals surface area contributed by atoms with E-state index in [1.54, 1.807) is 31.2 Å². The van der Waals surface area contributed by atoms with Crippen molar-refractivity contribution in [3.05, 3.63) is 41.2 Å². The second kappa shape index (κ2) is 4.13. The molecule has 0 amide bonds. The van der Waals surface area contributed by atoms with Crippen molar-refractivity contribution < 1.29 is 4.74 Å². The van der Waals surface area contributed by atoms with Crippen molar-refractivity contribution in [1.82, 2.24) is 0 Å². The zero-order valence-electron chi connectivity index (χ0n) is 7.19. The number of nitrogens with zero attached hydrogens (tertiary/aromatic N) is 2. The maximum absolute atomic E-state index is 8.52. The number of hydrogen-bond acceptors (Lipinski definition) is 2. The number of ether oxygens (including phenoxy) is 1. The number of benzene rings is 1. The molecule has 0 fully saturated rings.